The normalized spacial score (nSPS) is 24.9. The Bertz CT molecular complexity index is 552. The van der Waals surface area contributed by atoms with Gasteiger partial charge in [0.1, 0.15) is 6.04 Å². The molecule has 0 unspecified atom stereocenters. The molecule has 0 aromatic carbocycles. The van der Waals surface area contributed by atoms with Crippen molar-refractivity contribution >= 4 is 17.3 Å². The molecule has 1 aromatic heterocycles. The van der Waals surface area contributed by atoms with Gasteiger partial charge < -0.3 is 10.4 Å². The lowest BCUT2D eigenvalue weighted by atomic mass is 9.77. The van der Waals surface area contributed by atoms with Gasteiger partial charge in [-0.05, 0) is 51.1 Å². The average molecular weight is 323 g/mol. The first-order valence-corrected chi connectivity index (χ1v) is 8.97. The molecule has 2 fully saturated rings. The Morgan fingerprint density at radius 1 is 1.50 bits per heavy atom. The fraction of sp³-hybridized carbons (Fsp3) is 0.750. The predicted octanol–water partition coefficient (Wildman–Crippen LogP) is 2.04. The number of hydrogen-bond donors (Lipinski definition) is 2. The van der Waals surface area contributed by atoms with E-state index in [1.165, 1.54) is 4.88 Å². The van der Waals surface area contributed by atoms with E-state index < -0.39 is 5.97 Å². The predicted molar refractivity (Wildman–Crippen MR) is 87.2 cm³/mol. The zero-order valence-corrected chi connectivity index (χ0v) is 14.2. The van der Waals surface area contributed by atoms with Crippen LogP contribution in [0.2, 0.25) is 0 Å². The lowest BCUT2D eigenvalue weighted by Crippen LogP contribution is -2.38. The average Bonchev–Trinajstić information content (AvgIpc) is 3.01. The van der Waals surface area contributed by atoms with E-state index >= 15 is 0 Å². The minimum atomic E-state index is -0.672. The number of carboxylic acids is 1. The molecule has 0 saturated carbocycles. The van der Waals surface area contributed by atoms with Gasteiger partial charge >= 0.3 is 5.97 Å². The second-order valence-corrected chi connectivity index (χ2v) is 7.96. The molecule has 5 nitrogen and oxygen atoms in total. The van der Waals surface area contributed by atoms with Crippen LogP contribution in [0.3, 0.4) is 0 Å². The molecule has 2 saturated heterocycles. The minimum Gasteiger partial charge on any atom is -0.480 e. The van der Waals surface area contributed by atoms with Gasteiger partial charge in [0, 0.05) is 18.0 Å². The van der Waals surface area contributed by atoms with Crippen LogP contribution in [0.25, 0.3) is 0 Å². The van der Waals surface area contributed by atoms with Gasteiger partial charge in [-0.1, -0.05) is 6.92 Å². The molecule has 2 aliphatic rings. The van der Waals surface area contributed by atoms with Crippen molar-refractivity contribution in [2.45, 2.75) is 52.1 Å². The van der Waals surface area contributed by atoms with Crippen molar-refractivity contribution < 1.29 is 9.90 Å². The summed E-state index contributed by atoms with van der Waals surface area (Å²) in [6.07, 6.45) is 3.90. The highest BCUT2D eigenvalue weighted by atomic mass is 32.1. The number of thiazole rings is 1. The molecule has 0 radical (unpaired) electrons. The van der Waals surface area contributed by atoms with Crippen LogP contribution < -0.4 is 5.32 Å². The molecule has 6 heteroatoms. The summed E-state index contributed by atoms with van der Waals surface area (Å²) < 4.78 is 0. The van der Waals surface area contributed by atoms with Crippen LogP contribution in [-0.4, -0.2) is 46.6 Å². The van der Waals surface area contributed by atoms with Gasteiger partial charge in [0.15, 0.2) is 0 Å². The summed E-state index contributed by atoms with van der Waals surface area (Å²) >= 11 is 1.72. The number of aliphatic carboxylic acids is 1. The highest BCUT2D eigenvalue weighted by Crippen LogP contribution is 2.43. The molecule has 0 amide bonds. The molecule has 3 heterocycles. The van der Waals surface area contributed by atoms with Crippen LogP contribution >= 0.6 is 11.3 Å². The monoisotopic (exact) mass is 323 g/mol. The number of hydrogen-bond acceptors (Lipinski definition) is 5. The van der Waals surface area contributed by atoms with E-state index in [0.717, 1.165) is 62.6 Å². The second-order valence-electron chi connectivity index (χ2n) is 6.67. The molecule has 3 rings (SSSR count). The van der Waals surface area contributed by atoms with Crippen LogP contribution in [-0.2, 0) is 17.8 Å². The summed E-state index contributed by atoms with van der Waals surface area (Å²) in [4.78, 5) is 19.7. The third-order valence-corrected chi connectivity index (χ3v) is 6.12. The molecular formula is C16H25N3O2S. The van der Waals surface area contributed by atoms with Gasteiger partial charge in [-0.25, -0.2) is 4.98 Å². The van der Waals surface area contributed by atoms with Gasteiger partial charge in [0.05, 0.1) is 10.7 Å². The molecule has 2 aliphatic heterocycles. The molecule has 2 N–H and O–H groups in total. The van der Waals surface area contributed by atoms with Crippen molar-refractivity contribution in [3.8, 4) is 0 Å². The number of rotatable bonds is 4. The quantitative estimate of drug-likeness (QED) is 0.888. The van der Waals surface area contributed by atoms with Crippen LogP contribution in [0, 0.1) is 12.3 Å². The van der Waals surface area contributed by atoms with Crippen molar-refractivity contribution in [2.75, 3.05) is 19.6 Å². The molecule has 1 aromatic rings. The number of aromatic nitrogens is 1. The summed E-state index contributed by atoms with van der Waals surface area (Å²) in [5.41, 5.74) is 1.33. The van der Waals surface area contributed by atoms with E-state index in [4.69, 9.17) is 0 Å². The second kappa shape index (κ2) is 6.26. The first kappa shape index (κ1) is 15.9. The van der Waals surface area contributed by atoms with E-state index in [1.54, 1.807) is 11.3 Å². The summed E-state index contributed by atoms with van der Waals surface area (Å²) in [7, 11) is 0. The zero-order chi connectivity index (χ0) is 15.7. The lowest BCUT2D eigenvalue weighted by molar-refractivity contribution is -0.142. The zero-order valence-electron chi connectivity index (χ0n) is 13.4. The number of nitrogens with zero attached hydrogens (tertiary/aromatic N) is 2. The molecule has 1 atom stereocenters. The summed E-state index contributed by atoms with van der Waals surface area (Å²) in [6, 6.07) is -0.342. The number of carboxylic acid groups (broad SMARTS) is 1. The van der Waals surface area contributed by atoms with Gasteiger partial charge in [0.25, 0.3) is 0 Å². The van der Waals surface area contributed by atoms with Gasteiger partial charge in [-0.2, -0.15) is 0 Å². The van der Waals surface area contributed by atoms with E-state index in [2.05, 4.69) is 22.1 Å². The summed E-state index contributed by atoms with van der Waals surface area (Å²) in [5, 5.41) is 14.1. The Balaban J connectivity index is 1.79. The molecule has 0 bridgehead atoms. The standard InChI is InChI=1S/C16H25N3O2S/c1-3-12-14(22-11(2)18-12)9-19-10-16(4-6-17-7-5-16)8-13(19)15(20)21/h13,17H,3-10H2,1-2H3,(H,20,21)/t13-/m0/s1. The number of piperidine rings is 1. The van der Waals surface area contributed by atoms with Crippen molar-refractivity contribution in [3.05, 3.63) is 15.6 Å². The molecule has 22 heavy (non-hydrogen) atoms. The van der Waals surface area contributed by atoms with Gasteiger partial charge in [-0.15, -0.1) is 11.3 Å². The SMILES string of the molecule is CCc1nc(C)sc1CN1CC2(CCNCC2)C[C@H]1C(=O)O. The molecular weight excluding hydrogens is 298 g/mol. The van der Waals surface area contributed by atoms with E-state index in [1.807, 2.05) is 6.92 Å². The van der Waals surface area contributed by atoms with Crippen molar-refractivity contribution in [1.82, 2.24) is 15.2 Å². The first-order valence-electron chi connectivity index (χ1n) is 8.16. The number of carbonyl (C=O) groups is 1. The van der Waals surface area contributed by atoms with E-state index in [-0.39, 0.29) is 11.5 Å². The third-order valence-electron chi connectivity index (χ3n) is 5.12. The fourth-order valence-corrected chi connectivity index (χ4v) is 5.02. The Kier molecular flexibility index (Phi) is 4.52. The van der Waals surface area contributed by atoms with Crippen molar-refractivity contribution in [2.24, 2.45) is 5.41 Å². The third kappa shape index (κ3) is 3.05. The summed E-state index contributed by atoms with van der Waals surface area (Å²) in [6.45, 7) is 7.82. The molecule has 0 aliphatic carbocycles. The van der Waals surface area contributed by atoms with E-state index in [9.17, 15) is 9.90 Å². The Morgan fingerprint density at radius 3 is 2.86 bits per heavy atom. The highest BCUT2D eigenvalue weighted by molar-refractivity contribution is 7.11. The van der Waals surface area contributed by atoms with Crippen LogP contribution in [0.1, 0.15) is 41.8 Å². The number of likely N-dealkylation sites (tertiary alicyclic amines) is 1. The lowest BCUT2D eigenvalue weighted by Gasteiger charge is -2.33. The molecule has 122 valence electrons. The fourth-order valence-electron chi connectivity index (χ4n) is 3.97. The van der Waals surface area contributed by atoms with Crippen LogP contribution in [0.5, 0.6) is 0 Å². The minimum absolute atomic E-state index is 0.195. The summed E-state index contributed by atoms with van der Waals surface area (Å²) in [5.74, 6) is -0.672. The maximum atomic E-state index is 11.7. The van der Waals surface area contributed by atoms with Crippen LogP contribution in [0.4, 0.5) is 0 Å². The van der Waals surface area contributed by atoms with Crippen molar-refractivity contribution in [3.63, 3.8) is 0 Å². The van der Waals surface area contributed by atoms with Crippen molar-refractivity contribution in [1.29, 1.82) is 0 Å². The number of aryl methyl sites for hydroxylation is 2. The maximum absolute atomic E-state index is 11.7. The Hall–Kier alpha value is -0.980. The topological polar surface area (TPSA) is 65.5 Å². The Morgan fingerprint density at radius 2 is 2.23 bits per heavy atom. The van der Waals surface area contributed by atoms with Gasteiger partial charge in [-0.3, -0.25) is 9.69 Å². The number of nitrogens with one attached hydrogen (secondary N) is 1. The highest BCUT2D eigenvalue weighted by Gasteiger charge is 2.47. The van der Waals surface area contributed by atoms with Gasteiger partial charge in [0.2, 0.25) is 0 Å². The molecule has 1 spiro atoms. The van der Waals surface area contributed by atoms with Crippen LogP contribution in [0.15, 0.2) is 0 Å². The smallest absolute Gasteiger partial charge is 0.320 e. The first-order chi connectivity index (χ1) is 10.5. The maximum Gasteiger partial charge on any atom is 0.320 e. The van der Waals surface area contributed by atoms with E-state index in [0.29, 0.717) is 0 Å². The Labute approximate surface area is 135 Å². The largest absolute Gasteiger partial charge is 0.480 e.